The molecular weight excluding hydrogens is 566 g/mol. The maximum atomic E-state index is 15.5. The van der Waals surface area contributed by atoms with Crippen molar-refractivity contribution in [1.29, 1.82) is 0 Å². The number of unbranched alkanes of at least 4 members (excludes halogenated alkanes) is 2. The molecule has 5 heteroatoms. The predicted molar refractivity (Wildman–Crippen MR) is 179 cm³/mol. The number of carbonyl (C=O) groups is 1. The van der Waals surface area contributed by atoms with Crippen LogP contribution in [0.15, 0.2) is 48.6 Å². The van der Waals surface area contributed by atoms with Crippen LogP contribution in [-0.4, -0.2) is 24.3 Å². The lowest BCUT2D eigenvalue weighted by molar-refractivity contribution is -0.139. The average molecular weight is 623 g/mol. The third kappa shape index (κ3) is 10.2. The summed E-state index contributed by atoms with van der Waals surface area (Å²) in [6.07, 6.45) is 16.2. The van der Waals surface area contributed by atoms with Gasteiger partial charge < -0.3 is 9.84 Å². The highest BCUT2D eigenvalue weighted by Gasteiger charge is 2.32. The summed E-state index contributed by atoms with van der Waals surface area (Å²) in [4.78, 5) is 11.7. The number of esters is 1. The van der Waals surface area contributed by atoms with Crippen LogP contribution in [-0.2, 0) is 16.0 Å². The molecule has 0 radical (unpaired) electrons. The second-order valence-corrected chi connectivity index (χ2v) is 13.9. The Morgan fingerprint density at radius 3 is 2.13 bits per heavy atom. The minimum atomic E-state index is -0.380. The van der Waals surface area contributed by atoms with Crippen molar-refractivity contribution in [3.8, 4) is 0 Å². The summed E-state index contributed by atoms with van der Waals surface area (Å²) in [6, 6.07) is 11.8. The summed E-state index contributed by atoms with van der Waals surface area (Å²) >= 11 is 0. The van der Waals surface area contributed by atoms with Crippen molar-refractivity contribution in [1.82, 2.24) is 0 Å². The van der Waals surface area contributed by atoms with E-state index in [1.165, 1.54) is 18.4 Å². The summed E-state index contributed by atoms with van der Waals surface area (Å²) in [7, 11) is 0. The molecule has 2 aromatic rings. The van der Waals surface area contributed by atoms with Gasteiger partial charge in [0.05, 0.1) is 6.61 Å². The van der Waals surface area contributed by atoms with Gasteiger partial charge in [-0.3, -0.25) is 0 Å². The maximum Gasteiger partial charge on any atom is 0.333 e. The molecule has 2 aliphatic rings. The Kier molecular flexibility index (Phi) is 14.1. The molecule has 3 nitrogen and oxygen atoms in total. The zero-order valence-electron chi connectivity index (χ0n) is 27.8. The minimum Gasteiger partial charge on any atom is -0.462 e. The molecule has 1 atom stereocenters. The van der Waals surface area contributed by atoms with Gasteiger partial charge in [-0.05, 0) is 161 Å². The van der Waals surface area contributed by atoms with Gasteiger partial charge in [-0.1, -0.05) is 50.6 Å². The normalized spacial score (nSPS) is 22.6. The van der Waals surface area contributed by atoms with E-state index in [0.29, 0.717) is 36.9 Å². The van der Waals surface area contributed by atoms with Gasteiger partial charge in [0, 0.05) is 12.2 Å². The summed E-state index contributed by atoms with van der Waals surface area (Å²) in [5, 5.41) is 9.40. The molecule has 0 heterocycles. The molecule has 2 aliphatic carbocycles. The van der Waals surface area contributed by atoms with E-state index in [1.54, 1.807) is 13.0 Å². The second-order valence-electron chi connectivity index (χ2n) is 13.9. The third-order valence-electron chi connectivity index (χ3n) is 10.7. The first-order valence-corrected chi connectivity index (χ1v) is 17.8. The summed E-state index contributed by atoms with van der Waals surface area (Å²) in [6.45, 7) is 7.85. The van der Waals surface area contributed by atoms with Crippen molar-refractivity contribution in [3.63, 3.8) is 0 Å². The summed E-state index contributed by atoms with van der Waals surface area (Å²) in [5.41, 5.74) is 4.24. The van der Waals surface area contributed by atoms with Crippen LogP contribution >= 0.6 is 0 Å². The quantitative estimate of drug-likeness (QED) is 0.115. The Morgan fingerprint density at radius 2 is 1.53 bits per heavy atom. The van der Waals surface area contributed by atoms with E-state index >= 15 is 4.39 Å². The number of aliphatic hydroxyl groups excluding tert-OH is 1. The van der Waals surface area contributed by atoms with E-state index in [1.807, 2.05) is 18.2 Å². The maximum absolute atomic E-state index is 15.5. The van der Waals surface area contributed by atoms with Gasteiger partial charge in [-0.15, -0.1) is 0 Å². The second kappa shape index (κ2) is 18.0. The molecule has 4 rings (SSSR count). The van der Waals surface area contributed by atoms with Gasteiger partial charge in [0.1, 0.15) is 11.6 Å². The first-order chi connectivity index (χ1) is 21.8. The van der Waals surface area contributed by atoms with E-state index in [4.69, 9.17) is 4.74 Å². The highest BCUT2D eigenvalue weighted by atomic mass is 19.1. The largest absolute Gasteiger partial charge is 0.462 e. The predicted octanol–water partition coefficient (Wildman–Crippen LogP) is 10.7. The molecule has 0 aliphatic heterocycles. The van der Waals surface area contributed by atoms with Crippen molar-refractivity contribution < 1.29 is 23.4 Å². The number of halogens is 2. The van der Waals surface area contributed by atoms with Crippen LogP contribution in [0.1, 0.15) is 150 Å². The van der Waals surface area contributed by atoms with Crippen molar-refractivity contribution >= 4 is 5.97 Å². The van der Waals surface area contributed by atoms with Crippen LogP contribution < -0.4 is 0 Å². The minimum absolute atomic E-state index is 0.0217. The van der Waals surface area contributed by atoms with Gasteiger partial charge in [-0.2, -0.15) is 0 Å². The van der Waals surface area contributed by atoms with Gasteiger partial charge in [0.15, 0.2) is 0 Å². The Bertz CT molecular complexity index is 1220. The van der Waals surface area contributed by atoms with Crippen LogP contribution in [0.3, 0.4) is 0 Å². The van der Waals surface area contributed by atoms with Gasteiger partial charge in [0.2, 0.25) is 0 Å². The molecule has 2 saturated carbocycles. The molecule has 1 unspecified atom stereocenters. The lowest BCUT2D eigenvalue weighted by Crippen LogP contribution is -2.25. The van der Waals surface area contributed by atoms with Gasteiger partial charge >= 0.3 is 5.97 Å². The topological polar surface area (TPSA) is 46.5 Å². The SMILES string of the molecule is C=C(C)C(=O)OCCCC(CCCO)c1ccc(C2CCC(C3CCC(c4ccc(CCCCC)c(F)c4)CC3)CC2)c(F)c1. The molecule has 0 saturated heterocycles. The fourth-order valence-corrected chi connectivity index (χ4v) is 7.97. The zero-order valence-corrected chi connectivity index (χ0v) is 27.8. The lowest BCUT2D eigenvalue weighted by atomic mass is 9.67. The van der Waals surface area contributed by atoms with E-state index in [2.05, 4.69) is 25.6 Å². The standard InChI is InChI=1S/C40H56F2O3/c1-4-5-6-9-34-20-21-35(26-38(34)41)32-14-12-30(13-15-32)31-16-18-33(19-17-31)37-23-22-36(27-39(37)42)29(10-7-24-43)11-8-25-45-40(44)28(2)3/h20-23,26-27,29-33,43H,2,4-19,24-25H2,1,3H3. The number of aryl methyl sites for hydroxylation is 1. The molecule has 2 fully saturated rings. The first-order valence-electron chi connectivity index (χ1n) is 17.8. The zero-order chi connectivity index (χ0) is 32.2. The number of benzene rings is 2. The number of hydrogen-bond acceptors (Lipinski definition) is 3. The Balaban J connectivity index is 1.25. The van der Waals surface area contributed by atoms with Crippen LogP contribution in [0.2, 0.25) is 0 Å². The highest BCUT2D eigenvalue weighted by molar-refractivity contribution is 5.86. The Morgan fingerprint density at radius 1 is 0.867 bits per heavy atom. The average Bonchev–Trinajstić information content (AvgIpc) is 3.05. The fourth-order valence-electron chi connectivity index (χ4n) is 7.97. The third-order valence-corrected chi connectivity index (χ3v) is 10.7. The smallest absolute Gasteiger partial charge is 0.333 e. The molecular formula is C40H56F2O3. The van der Waals surface area contributed by atoms with E-state index in [-0.39, 0.29) is 36.0 Å². The molecule has 0 aromatic heterocycles. The molecule has 0 bridgehead atoms. The summed E-state index contributed by atoms with van der Waals surface area (Å²) < 4.78 is 35.5. The number of carbonyl (C=O) groups excluding carboxylic acids is 1. The first kappa shape index (κ1) is 35.3. The molecule has 45 heavy (non-hydrogen) atoms. The van der Waals surface area contributed by atoms with Crippen molar-refractivity contribution in [3.05, 3.63) is 82.4 Å². The highest BCUT2D eigenvalue weighted by Crippen LogP contribution is 2.46. The van der Waals surface area contributed by atoms with Crippen LogP contribution in [0, 0.1) is 23.5 Å². The fraction of sp³-hybridized carbons (Fsp3) is 0.625. The van der Waals surface area contributed by atoms with Crippen molar-refractivity contribution in [2.24, 2.45) is 11.8 Å². The number of ether oxygens (including phenoxy) is 1. The van der Waals surface area contributed by atoms with Gasteiger partial charge in [0.25, 0.3) is 0 Å². The lowest BCUT2D eigenvalue weighted by Gasteiger charge is -2.38. The van der Waals surface area contributed by atoms with Gasteiger partial charge in [-0.25, -0.2) is 13.6 Å². The molecule has 0 amide bonds. The number of aliphatic hydroxyl groups is 1. The molecule has 2 aromatic carbocycles. The van der Waals surface area contributed by atoms with E-state index in [0.717, 1.165) is 99.7 Å². The van der Waals surface area contributed by atoms with E-state index < -0.39 is 0 Å². The van der Waals surface area contributed by atoms with E-state index in [9.17, 15) is 14.3 Å². The summed E-state index contributed by atoms with van der Waals surface area (Å²) in [5.74, 6) is 1.79. The molecule has 248 valence electrons. The van der Waals surface area contributed by atoms with Crippen molar-refractivity contribution in [2.45, 2.75) is 134 Å². The van der Waals surface area contributed by atoms with Crippen LogP contribution in [0.5, 0.6) is 0 Å². The van der Waals surface area contributed by atoms with Crippen molar-refractivity contribution in [2.75, 3.05) is 13.2 Å². The van der Waals surface area contributed by atoms with Crippen LogP contribution in [0.4, 0.5) is 8.78 Å². The number of hydrogen-bond donors (Lipinski definition) is 1. The number of rotatable bonds is 16. The Hall–Kier alpha value is -2.53. The monoisotopic (exact) mass is 622 g/mol. The molecule has 0 spiro atoms. The molecule has 1 N–H and O–H groups in total. The Labute approximate surface area is 270 Å². The van der Waals surface area contributed by atoms with Crippen LogP contribution in [0.25, 0.3) is 0 Å².